The highest BCUT2D eigenvalue weighted by atomic mass is 16.2. The Balaban J connectivity index is 1.96. The number of nitrogens with one attached hydrogen (secondary N) is 1. The molecule has 0 radical (unpaired) electrons. The molecule has 1 aromatic carbocycles. The average molecular weight is 289 g/mol. The minimum absolute atomic E-state index is 0.141. The third-order valence-electron chi connectivity index (χ3n) is 4.00. The zero-order chi connectivity index (χ0) is 15.4. The second-order valence-corrected chi connectivity index (χ2v) is 5.48. The van der Waals surface area contributed by atoms with Crippen molar-refractivity contribution in [3.8, 4) is 0 Å². The fourth-order valence-electron chi connectivity index (χ4n) is 2.40. The predicted octanol–water partition coefficient (Wildman–Crippen LogP) is 1.62. The minimum atomic E-state index is -0.320. The van der Waals surface area contributed by atoms with Gasteiger partial charge in [0.15, 0.2) is 0 Å². The number of urea groups is 1. The molecule has 5 heteroatoms. The zero-order valence-corrected chi connectivity index (χ0v) is 12.9. The van der Waals surface area contributed by atoms with Crippen molar-refractivity contribution in [3.05, 3.63) is 35.4 Å². The largest absolute Gasteiger partial charge is 0.336 e. The summed E-state index contributed by atoms with van der Waals surface area (Å²) in [7, 11) is 1.91. The molecule has 0 saturated carbocycles. The molecular formula is C16H23N3O2. The van der Waals surface area contributed by atoms with E-state index in [9.17, 15) is 9.59 Å². The zero-order valence-electron chi connectivity index (χ0n) is 12.9. The van der Waals surface area contributed by atoms with Crippen molar-refractivity contribution in [2.75, 3.05) is 20.1 Å². The number of aryl methyl sites for hydroxylation is 1. The normalized spacial score (nSPS) is 16.2. The van der Waals surface area contributed by atoms with Crippen LogP contribution in [0.5, 0.6) is 0 Å². The van der Waals surface area contributed by atoms with Crippen LogP contribution in [0.1, 0.15) is 25.0 Å². The summed E-state index contributed by atoms with van der Waals surface area (Å²) in [5.41, 5.74) is 2.47. The quantitative estimate of drug-likeness (QED) is 0.896. The van der Waals surface area contributed by atoms with Crippen LogP contribution in [0.15, 0.2) is 24.3 Å². The molecule has 1 aromatic rings. The first kappa shape index (κ1) is 15.5. The van der Waals surface area contributed by atoms with Gasteiger partial charge in [0.05, 0.1) is 6.04 Å². The van der Waals surface area contributed by atoms with Gasteiger partial charge in [-0.15, -0.1) is 0 Å². The van der Waals surface area contributed by atoms with Crippen LogP contribution in [-0.4, -0.2) is 47.9 Å². The van der Waals surface area contributed by atoms with Gasteiger partial charge in [0.1, 0.15) is 0 Å². The molecule has 1 aliphatic rings. The molecule has 1 aliphatic heterocycles. The number of likely N-dealkylation sites (N-methyl/N-ethyl adjacent to an activating group) is 1. The van der Waals surface area contributed by atoms with Crippen LogP contribution in [0, 0.1) is 0 Å². The van der Waals surface area contributed by atoms with E-state index in [1.54, 1.807) is 0 Å². The Hall–Kier alpha value is -1.88. The second-order valence-electron chi connectivity index (χ2n) is 5.48. The summed E-state index contributed by atoms with van der Waals surface area (Å²) >= 11 is 0. The van der Waals surface area contributed by atoms with E-state index in [0.717, 1.165) is 6.42 Å². The molecule has 1 heterocycles. The van der Waals surface area contributed by atoms with Crippen molar-refractivity contribution in [2.24, 2.45) is 0 Å². The number of rotatable bonds is 5. The van der Waals surface area contributed by atoms with E-state index < -0.39 is 0 Å². The number of amides is 3. The molecule has 2 rings (SSSR count). The van der Waals surface area contributed by atoms with Crippen molar-refractivity contribution in [2.45, 2.75) is 32.9 Å². The van der Waals surface area contributed by atoms with Crippen molar-refractivity contribution < 1.29 is 9.59 Å². The lowest BCUT2D eigenvalue weighted by Gasteiger charge is -2.26. The fraction of sp³-hybridized carbons (Fsp3) is 0.500. The minimum Gasteiger partial charge on any atom is -0.336 e. The number of imide groups is 1. The van der Waals surface area contributed by atoms with Crippen molar-refractivity contribution in [1.29, 1.82) is 0 Å². The maximum Gasteiger partial charge on any atom is 0.324 e. The lowest BCUT2D eigenvalue weighted by molar-refractivity contribution is -0.132. The Morgan fingerprint density at radius 1 is 1.33 bits per heavy atom. The Morgan fingerprint density at radius 2 is 1.95 bits per heavy atom. The van der Waals surface area contributed by atoms with E-state index in [4.69, 9.17) is 0 Å². The van der Waals surface area contributed by atoms with Gasteiger partial charge >= 0.3 is 6.03 Å². The molecule has 3 amide bonds. The predicted molar refractivity (Wildman–Crippen MR) is 81.9 cm³/mol. The number of carbonyl (C=O) groups excluding carboxylic acids is 2. The summed E-state index contributed by atoms with van der Waals surface area (Å²) in [6, 6.07) is 7.81. The maximum absolute atomic E-state index is 12.3. The molecule has 1 saturated heterocycles. The second kappa shape index (κ2) is 6.72. The van der Waals surface area contributed by atoms with Gasteiger partial charge in [0.25, 0.3) is 0 Å². The third kappa shape index (κ3) is 3.61. The molecule has 1 fully saturated rings. The highest BCUT2D eigenvalue weighted by Crippen LogP contribution is 2.11. The van der Waals surface area contributed by atoms with E-state index in [1.165, 1.54) is 16.0 Å². The number of nitrogens with zero attached hydrogens (tertiary/aromatic N) is 2. The lowest BCUT2D eigenvalue weighted by Crippen LogP contribution is -2.46. The molecule has 5 nitrogen and oxygen atoms in total. The number of benzene rings is 1. The molecule has 21 heavy (non-hydrogen) atoms. The molecule has 114 valence electrons. The maximum atomic E-state index is 12.3. The van der Waals surface area contributed by atoms with Crippen molar-refractivity contribution in [3.63, 3.8) is 0 Å². The van der Waals surface area contributed by atoms with E-state index in [1.807, 2.05) is 18.9 Å². The van der Waals surface area contributed by atoms with Gasteiger partial charge < -0.3 is 5.32 Å². The molecule has 0 unspecified atom stereocenters. The number of hydrogen-bond acceptors (Lipinski definition) is 3. The number of carbonyl (C=O) groups is 2. The van der Waals surface area contributed by atoms with Crippen LogP contribution >= 0.6 is 0 Å². The smallest absolute Gasteiger partial charge is 0.324 e. The van der Waals surface area contributed by atoms with Gasteiger partial charge in [-0.3, -0.25) is 14.6 Å². The Labute approximate surface area is 125 Å². The van der Waals surface area contributed by atoms with Gasteiger partial charge in [-0.25, -0.2) is 4.79 Å². The van der Waals surface area contributed by atoms with E-state index in [-0.39, 0.29) is 18.0 Å². The van der Waals surface area contributed by atoms with Crippen LogP contribution in [-0.2, 0) is 17.8 Å². The van der Waals surface area contributed by atoms with E-state index in [0.29, 0.717) is 19.6 Å². The molecule has 0 aliphatic carbocycles. The standard InChI is InChI=1S/C16H23N3O2/c1-4-13-5-7-14(8-6-13)11-18(3)12(2)15(20)19-10-9-17-16(19)21/h5-8,12H,4,9-11H2,1-3H3,(H,17,21)/t12-/m0/s1. The topological polar surface area (TPSA) is 52.7 Å². The van der Waals surface area contributed by atoms with Crippen molar-refractivity contribution in [1.82, 2.24) is 15.1 Å². The fourth-order valence-corrected chi connectivity index (χ4v) is 2.40. The summed E-state index contributed by atoms with van der Waals surface area (Å²) < 4.78 is 0. The first-order valence-electron chi connectivity index (χ1n) is 7.40. The van der Waals surface area contributed by atoms with Gasteiger partial charge in [-0.05, 0) is 31.5 Å². The number of hydrogen-bond donors (Lipinski definition) is 1. The average Bonchev–Trinajstić information content (AvgIpc) is 2.92. The van der Waals surface area contributed by atoms with Crippen molar-refractivity contribution >= 4 is 11.9 Å². The molecule has 0 aromatic heterocycles. The monoisotopic (exact) mass is 289 g/mol. The SMILES string of the molecule is CCc1ccc(CN(C)[C@@H](C)C(=O)N2CCNC2=O)cc1. The summed E-state index contributed by atoms with van der Waals surface area (Å²) in [6.07, 6.45) is 1.02. The van der Waals surface area contributed by atoms with Crippen LogP contribution in [0.2, 0.25) is 0 Å². The Bertz CT molecular complexity index is 513. The van der Waals surface area contributed by atoms with Gasteiger partial charge in [-0.1, -0.05) is 31.2 Å². The first-order valence-corrected chi connectivity index (χ1v) is 7.40. The summed E-state index contributed by atoms with van der Waals surface area (Å²) in [6.45, 7) is 5.66. The van der Waals surface area contributed by atoms with Crippen LogP contribution in [0.3, 0.4) is 0 Å². The van der Waals surface area contributed by atoms with E-state index >= 15 is 0 Å². The Morgan fingerprint density at radius 3 is 2.48 bits per heavy atom. The molecule has 0 spiro atoms. The molecule has 1 N–H and O–H groups in total. The lowest BCUT2D eigenvalue weighted by atomic mass is 10.1. The molecular weight excluding hydrogens is 266 g/mol. The third-order valence-corrected chi connectivity index (χ3v) is 4.00. The van der Waals surface area contributed by atoms with Gasteiger partial charge in [0.2, 0.25) is 5.91 Å². The molecule has 0 bridgehead atoms. The highest BCUT2D eigenvalue weighted by Gasteiger charge is 2.31. The first-order chi connectivity index (χ1) is 10.0. The van der Waals surface area contributed by atoms with Crippen LogP contribution < -0.4 is 5.32 Å². The summed E-state index contributed by atoms with van der Waals surface area (Å²) in [5.74, 6) is -0.141. The van der Waals surface area contributed by atoms with Gasteiger partial charge in [0, 0.05) is 19.6 Å². The highest BCUT2D eigenvalue weighted by molar-refractivity contribution is 5.98. The summed E-state index contributed by atoms with van der Waals surface area (Å²) in [5, 5.41) is 2.65. The van der Waals surface area contributed by atoms with Crippen LogP contribution in [0.25, 0.3) is 0 Å². The van der Waals surface area contributed by atoms with E-state index in [2.05, 4.69) is 36.5 Å². The van der Waals surface area contributed by atoms with Crippen LogP contribution in [0.4, 0.5) is 4.79 Å². The summed E-state index contributed by atoms with van der Waals surface area (Å²) in [4.78, 5) is 27.1. The Kier molecular flexibility index (Phi) is 4.96. The van der Waals surface area contributed by atoms with Gasteiger partial charge in [-0.2, -0.15) is 0 Å². The molecule has 1 atom stereocenters.